The summed E-state index contributed by atoms with van der Waals surface area (Å²) in [6.45, 7) is 1.35. The first kappa shape index (κ1) is 21.4. The maximum Gasteiger partial charge on any atom is 0.332 e. The molecule has 162 valence electrons. The monoisotopic (exact) mass is 460 g/mol. The first-order valence-electron chi connectivity index (χ1n) is 9.60. The molecule has 0 bridgehead atoms. The minimum atomic E-state index is -4.18. The second-order valence-electron chi connectivity index (χ2n) is 7.32. The fourth-order valence-corrected chi connectivity index (χ4v) is 6.18. The molecule has 3 aromatic rings. The first-order valence-corrected chi connectivity index (χ1v) is 11.9. The zero-order valence-electron chi connectivity index (χ0n) is 16.6. The highest BCUT2D eigenvalue weighted by atomic mass is 32.2. The molecule has 0 saturated carbocycles. The van der Waals surface area contributed by atoms with Crippen molar-refractivity contribution in [3.8, 4) is 5.75 Å². The average Bonchev–Trinajstić information content (AvgIpc) is 3.17. The van der Waals surface area contributed by atoms with Gasteiger partial charge in [-0.25, -0.2) is 18.2 Å². The SMILES string of the molecule is C[C@]1(C(=O)O)C(=O)CCCN1S(=O)(=O)c1ccc(OCc2nc3ccccc3s2)cc1. The van der Waals surface area contributed by atoms with Crippen LogP contribution in [0.2, 0.25) is 0 Å². The molecule has 0 spiro atoms. The second-order valence-corrected chi connectivity index (χ2v) is 10.3. The van der Waals surface area contributed by atoms with Crippen LogP contribution in [0.25, 0.3) is 10.2 Å². The zero-order valence-corrected chi connectivity index (χ0v) is 18.3. The molecule has 8 nitrogen and oxygen atoms in total. The predicted molar refractivity (Wildman–Crippen MR) is 115 cm³/mol. The molecule has 1 aliphatic heterocycles. The Kier molecular flexibility index (Phi) is 5.54. The molecular weight excluding hydrogens is 440 g/mol. The van der Waals surface area contributed by atoms with E-state index < -0.39 is 27.3 Å². The molecule has 2 heterocycles. The van der Waals surface area contributed by atoms with Crippen LogP contribution in [0.15, 0.2) is 53.4 Å². The number of sulfonamides is 1. The van der Waals surface area contributed by atoms with Crippen molar-refractivity contribution in [2.45, 2.75) is 36.8 Å². The van der Waals surface area contributed by atoms with Crippen LogP contribution in [0.3, 0.4) is 0 Å². The minimum Gasteiger partial charge on any atom is -0.486 e. The Labute approximate surface area is 183 Å². The van der Waals surface area contributed by atoms with Gasteiger partial charge in [-0.1, -0.05) is 12.1 Å². The van der Waals surface area contributed by atoms with Crippen molar-refractivity contribution in [2.75, 3.05) is 6.54 Å². The van der Waals surface area contributed by atoms with E-state index in [0.717, 1.165) is 26.5 Å². The van der Waals surface area contributed by atoms with Crippen molar-refractivity contribution in [3.63, 3.8) is 0 Å². The number of thiazole rings is 1. The van der Waals surface area contributed by atoms with Gasteiger partial charge in [0.05, 0.1) is 15.1 Å². The maximum atomic E-state index is 13.1. The van der Waals surface area contributed by atoms with Gasteiger partial charge in [0.1, 0.15) is 17.4 Å². The highest BCUT2D eigenvalue weighted by Crippen LogP contribution is 2.32. The molecule has 0 amide bonds. The topological polar surface area (TPSA) is 114 Å². The van der Waals surface area contributed by atoms with Crippen LogP contribution in [0.5, 0.6) is 5.75 Å². The number of carbonyl (C=O) groups excluding carboxylic acids is 1. The zero-order chi connectivity index (χ0) is 22.2. The highest BCUT2D eigenvalue weighted by Gasteiger charge is 2.53. The van der Waals surface area contributed by atoms with Crippen LogP contribution in [0.4, 0.5) is 0 Å². The van der Waals surface area contributed by atoms with E-state index in [1.165, 1.54) is 35.6 Å². The van der Waals surface area contributed by atoms with E-state index in [9.17, 15) is 23.1 Å². The summed E-state index contributed by atoms with van der Waals surface area (Å²) in [7, 11) is -4.18. The van der Waals surface area contributed by atoms with Gasteiger partial charge >= 0.3 is 5.97 Å². The summed E-state index contributed by atoms with van der Waals surface area (Å²) in [6.07, 6.45) is 0.317. The molecular formula is C21H20N2O6S2. The number of carboxylic acids is 1. The second kappa shape index (κ2) is 8.03. The molecule has 1 atom stereocenters. The molecule has 1 aromatic heterocycles. The Balaban J connectivity index is 1.52. The molecule has 1 N–H and O–H groups in total. The molecule has 1 aliphatic rings. The van der Waals surface area contributed by atoms with Crippen LogP contribution in [0, 0.1) is 0 Å². The maximum absolute atomic E-state index is 13.1. The molecule has 0 unspecified atom stereocenters. The van der Waals surface area contributed by atoms with Crippen molar-refractivity contribution in [3.05, 3.63) is 53.5 Å². The molecule has 31 heavy (non-hydrogen) atoms. The lowest BCUT2D eigenvalue weighted by molar-refractivity contribution is -0.155. The van der Waals surface area contributed by atoms with Crippen LogP contribution in [-0.4, -0.2) is 46.6 Å². The number of para-hydroxylation sites is 1. The molecule has 1 saturated heterocycles. The number of Topliss-reactive ketones (excluding diaryl/α,β-unsaturated/α-hetero) is 1. The quantitative estimate of drug-likeness (QED) is 0.562. The minimum absolute atomic E-state index is 0.0350. The Morgan fingerprint density at radius 3 is 2.61 bits per heavy atom. The van der Waals surface area contributed by atoms with Gasteiger partial charge in [0.15, 0.2) is 11.3 Å². The Hall–Kier alpha value is -2.82. The van der Waals surface area contributed by atoms with Gasteiger partial charge in [-0.05, 0) is 49.7 Å². The van der Waals surface area contributed by atoms with E-state index in [-0.39, 0.29) is 30.9 Å². The van der Waals surface area contributed by atoms with Gasteiger partial charge in [-0.2, -0.15) is 4.31 Å². The van der Waals surface area contributed by atoms with Crippen LogP contribution in [-0.2, 0) is 26.2 Å². The number of benzene rings is 2. The van der Waals surface area contributed by atoms with E-state index in [1.54, 1.807) is 0 Å². The normalized spacial score (nSPS) is 20.1. The van der Waals surface area contributed by atoms with Gasteiger partial charge in [-0.15, -0.1) is 11.3 Å². The number of ether oxygens (including phenoxy) is 1. The lowest BCUT2D eigenvalue weighted by atomic mass is 9.89. The molecule has 4 rings (SSSR count). The van der Waals surface area contributed by atoms with Gasteiger partial charge in [-0.3, -0.25) is 4.79 Å². The first-order chi connectivity index (χ1) is 14.7. The van der Waals surface area contributed by atoms with Gasteiger partial charge in [0.25, 0.3) is 0 Å². The third-order valence-electron chi connectivity index (χ3n) is 5.34. The average molecular weight is 461 g/mol. The van der Waals surface area contributed by atoms with E-state index in [1.807, 2.05) is 24.3 Å². The number of aliphatic carboxylic acids is 1. The van der Waals surface area contributed by atoms with Crippen LogP contribution < -0.4 is 4.74 Å². The number of carboxylic acid groups (broad SMARTS) is 1. The molecule has 2 aromatic carbocycles. The smallest absolute Gasteiger partial charge is 0.332 e. The van der Waals surface area contributed by atoms with Crippen LogP contribution in [0.1, 0.15) is 24.8 Å². The van der Waals surface area contributed by atoms with E-state index in [2.05, 4.69) is 4.98 Å². The van der Waals surface area contributed by atoms with Crippen molar-refractivity contribution in [1.82, 2.24) is 9.29 Å². The molecule has 0 aliphatic carbocycles. The van der Waals surface area contributed by atoms with Gasteiger partial charge in [0, 0.05) is 13.0 Å². The van der Waals surface area contributed by atoms with E-state index >= 15 is 0 Å². The van der Waals surface area contributed by atoms with Crippen molar-refractivity contribution >= 4 is 43.3 Å². The highest BCUT2D eigenvalue weighted by molar-refractivity contribution is 7.89. The number of nitrogens with zero attached hydrogens (tertiary/aromatic N) is 2. The molecule has 10 heteroatoms. The summed E-state index contributed by atoms with van der Waals surface area (Å²) in [5.74, 6) is -1.64. The fourth-order valence-electron chi connectivity index (χ4n) is 3.54. The Morgan fingerprint density at radius 2 is 1.94 bits per heavy atom. The fraction of sp³-hybridized carbons (Fsp3) is 0.286. The van der Waals surface area contributed by atoms with Crippen LogP contribution >= 0.6 is 11.3 Å². The number of hydrogen-bond acceptors (Lipinski definition) is 7. The largest absolute Gasteiger partial charge is 0.486 e. The predicted octanol–water partition coefficient (Wildman–Crippen LogP) is 3.07. The summed E-state index contributed by atoms with van der Waals surface area (Å²) in [5.41, 5.74) is -1.22. The Morgan fingerprint density at radius 1 is 1.23 bits per heavy atom. The lowest BCUT2D eigenvalue weighted by Gasteiger charge is -2.38. The summed E-state index contributed by atoms with van der Waals surface area (Å²) in [4.78, 5) is 28.4. The summed E-state index contributed by atoms with van der Waals surface area (Å²) >= 11 is 1.52. The summed E-state index contributed by atoms with van der Waals surface area (Å²) < 4.78 is 33.8. The standard InChI is InChI=1S/C21H20N2O6S2/c1-21(20(25)26)18(24)7-4-12-23(21)31(27,28)15-10-8-14(9-11-15)29-13-19-22-16-5-2-3-6-17(16)30-19/h2-3,5-6,8-11H,4,7,12-13H2,1H3,(H,25,26)/t21-/m1/s1. The number of piperidine rings is 1. The third kappa shape index (κ3) is 3.82. The number of rotatable bonds is 6. The summed E-state index contributed by atoms with van der Waals surface area (Å²) in [5, 5.41) is 10.4. The number of fused-ring (bicyclic) bond motifs is 1. The molecule has 0 radical (unpaired) electrons. The number of carbonyl (C=O) groups is 2. The van der Waals surface area contributed by atoms with Crippen molar-refractivity contribution in [1.29, 1.82) is 0 Å². The number of aromatic nitrogens is 1. The van der Waals surface area contributed by atoms with E-state index in [0.29, 0.717) is 5.75 Å². The van der Waals surface area contributed by atoms with Gasteiger partial charge < -0.3 is 9.84 Å². The van der Waals surface area contributed by atoms with Gasteiger partial charge in [0.2, 0.25) is 10.0 Å². The van der Waals surface area contributed by atoms with Crippen molar-refractivity contribution in [2.24, 2.45) is 0 Å². The third-order valence-corrected chi connectivity index (χ3v) is 8.34. The van der Waals surface area contributed by atoms with E-state index in [4.69, 9.17) is 4.74 Å². The summed E-state index contributed by atoms with van der Waals surface area (Å²) in [6, 6.07) is 13.5. The number of ketones is 1. The van der Waals surface area contributed by atoms with Crippen molar-refractivity contribution < 1.29 is 27.9 Å². The lowest BCUT2D eigenvalue weighted by Crippen LogP contribution is -2.62. The number of hydrogen-bond donors (Lipinski definition) is 1. The molecule has 1 fully saturated rings. The Bertz CT molecular complexity index is 1220.